The van der Waals surface area contributed by atoms with Crippen LogP contribution in [0.4, 0.5) is 5.69 Å². The van der Waals surface area contributed by atoms with E-state index in [1.54, 1.807) is 24.5 Å². The van der Waals surface area contributed by atoms with E-state index < -0.39 is 0 Å². The van der Waals surface area contributed by atoms with E-state index in [0.29, 0.717) is 11.3 Å². The maximum absolute atomic E-state index is 9.34. The molecule has 5 nitrogen and oxygen atoms in total. The lowest BCUT2D eigenvalue weighted by atomic mass is 9.91. The minimum atomic E-state index is 0.572. The second-order valence-corrected chi connectivity index (χ2v) is 12.0. The van der Waals surface area contributed by atoms with Gasteiger partial charge >= 0.3 is 0 Å². The van der Waals surface area contributed by atoms with Gasteiger partial charge in [-0.05, 0) is 85.8 Å². The minimum absolute atomic E-state index is 0.572. The van der Waals surface area contributed by atoms with Crippen molar-refractivity contribution in [3.05, 3.63) is 163 Å². The lowest BCUT2D eigenvalue weighted by Gasteiger charge is -2.11. The molecule has 0 saturated heterocycles. The molecule has 0 fully saturated rings. The molecule has 6 aromatic carbocycles. The minimum Gasteiger partial charge on any atom is -0.456 e. The number of benzene rings is 6. The van der Waals surface area contributed by atoms with Crippen LogP contribution < -0.4 is 0 Å². The highest BCUT2D eigenvalue weighted by molar-refractivity contribution is 6.29. The standard InChI is InChI=1S/C44H24N4O/c1-46-32-19-21-48-40(23-32)31-16-12-29(13-17-31)38-25-42-44(36-9-5-3-7-34(36)38)43-35-8-4-2-6-33(35)37(24-41(43)49-42)28-10-14-30(15-11-28)39-22-27(26-45)18-20-47-39/h2-25H. The van der Waals surface area contributed by atoms with Crippen LogP contribution in [0.5, 0.6) is 0 Å². The van der Waals surface area contributed by atoms with E-state index in [4.69, 9.17) is 11.0 Å². The van der Waals surface area contributed by atoms with Crippen LogP contribution in [0.15, 0.2) is 150 Å². The summed E-state index contributed by atoms with van der Waals surface area (Å²) in [5.41, 5.74) is 10.6. The Morgan fingerprint density at radius 2 is 1.00 bits per heavy atom. The van der Waals surface area contributed by atoms with Gasteiger partial charge in [0, 0.05) is 28.7 Å². The zero-order valence-corrected chi connectivity index (χ0v) is 26.1. The number of furan rings is 1. The zero-order valence-electron chi connectivity index (χ0n) is 26.1. The maximum atomic E-state index is 9.34. The highest BCUT2D eigenvalue weighted by Crippen LogP contribution is 2.45. The number of rotatable bonds is 4. The molecule has 0 saturated carbocycles. The number of nitriles is 1. The van der Waals surface area contributed by atoms with Gasteiger partial charge in [0.25, 0.3) is 0 Å². The normalized spacial score (nSPS) is 11.2. The van der Waals surface area contributed by atoms with Gasteiger partial charge in [0.1, 0.15) is 11.2 Å². The molecule has 49 heavy (non-hydrogen) atoms. The Morgan fingerprint density at radius 3 is 1.51 bits per heavy atom. The summed E-state index contributed by atoms with van der Waals surface area (Å²) in [6.07, 6.45) is 3.35. The predicted molar refractivity (Wildman–Crippen MR) is 197 cm³/mol. The molecule has 0 aliphatic carbocycles. The Labute approximate surface area is 281 Å². The summed E-state index contributed by atoms with van der Waals surface area (Å²) in [4.78, 5) is 12.5. The molecular formula is C44H24N4O. The molecule has 0 amide bonds. The molecule has 9 rings (SSSR count). The van der Waals surface area contributed by atoms with Crippen molar-refractivity contribution in [2.45, 2.75) is 0 Å². The summed E-state index contributed by atoms with van der Waals surface area (Å²) in [7, 11) is 0. The van der Waals surface area contributed by atoms with E-state index in [0.717, 1.165) is 88.3 Å². The molecule has 0 bridgehead atoms. The fraction of sp³-hybridized carbons (Fsp3) is 0. The molecule has 3 heterocycles. The van der Waals surface area contributed by atoms with Gasteiger partial charge in [0.15, 0.2) is 5.69 Å². The first-order valence-corrected chi connectivity index (χ1v) is 15.9. The third-order valence-electron chi connectivity index (χ3n) is 9.23. The second kappa shape index (κ2) is 11.3. The number of hydrogen-bond acceptors (Lipinski definition) is 4. The molecule has 9 aromatic rings. The predicted octanol–water partition coefficient (Wildman–Crippen LogP) is 11.8. The van der Waals surface area contributed by atoms with Crippen molar-refractivity contribution in [1.29, 1.82) is 5.26 Å². The Morgan fingerprint density at radius 1 is 0.531 bits per heavy atom. The molecule has 0 N–H and O–H groups in total. The molecule has 0 radical (unpaired) electrons. The topological polar surface area (TPSA) is 67.1 Å². The Bertz CT molecular complexity index is 2640. The Balaban J connectivity index is 1.21. The smallest absolute Gasteiger partial charge is 0.190 e. The van der Waals surface area contributed by atoms with E-state index >= 15 is 0 Å². The third kappa shape index (κ3) is 4.69. The molecule has 0 atom stereocenters. The third-order valence-corrected chi connectivity index (χ3v) is 9.23. The molecule has 0 spiro atoms. The number of fused-ring (bicyclic) bond motifs is 7. The van der Waals surface area contributed by atoms with Crippen LogP contribution in [0.2, 0.25) is 0 Å². The van der Waals surface area contributed by atoms with Gasteiger partial charge < -0.3 is 4.42 Å². The summed E-state index contributed by atoms with van der Waals surface area (Å²) >= 11 is 0. The van der Waals surface area contributed by atoms with E-state index in [9.17, 15) is 5.26 Å². The van der Waals surface area contributed by atoms with Crippen LogP contribution in [0.25, 0.3) is 93.1 Å². The van der Waals surface area contributed by atoms with Gasteiger partial charge in [-0.3, -0.25) is 9.97 Å². The average molecular weight is 625 g/mol. The SMILES string of the molecule is [C-]#[N+]c1ccnc(-c2ccc(-c3cc4oc5cc(-c6ccc(-c7cc(C#N)ccn7)cc6)c6ccccc6c5c4c4ccccc34)cc2)c1. The molecule has 0 unspecified atom stereocenters. The van der Waals surface area contributed by atoms with Crippen molar-refractivity contribution in [1.82, 2.24) is 9.97 Å². The van der Waals surface area contributed by atoms with Crippen molar-refractivity contribution in [2.75, 3.05) is 0 Å². The van der Waals surface area contributed by atoms with Crippen LogP contribution >= 0.6 is 0 Å². The molecule has 226 valence electrons. The Kier molecular flexibility index (Phi) is 6.50. The van der Waals surface area contributed by atoms with Crippen molar-refractivity contribution < 1.29 is 4.42 Å². The quantitative estimate of drug-likeness (QED) is 0.183. The highest BCUT2D eigenvalue weighted by atomic mass is 16.3. The van der Waals surface area contributed by atoms with Crippen LogP contribution in [0, 0.1) is 17.9 Å². The van der Waals surface area contributed by atoms with Crippen molar-refractivity contribution in [2.24, 2.45) is 0 Å². The monoisotopic (exact) mass is 624 g/mol. The number of aromatic nitrogens is 2. The van der Waals surface area contributed by atoms with Crippen molar-refractivity contribution in [3.63, 3.8) is 0 Å². The van der Waals surface area contributed by atoms with E-state index in [2.05, 4.69) is 130 Å². The van der Waals surface area contributed by atoms with Crippen LogP contribution in [-0.4, -0.2) is 9.97 Å². The summed E-state index contributed by atoms with van der Waals surface area (Å²) in [5, 5.41) is 16.1. The lowest BCUT2D eigenvalue weighted by Crippen LogP contribution is -1.87. The van der Waals surface area contributed by atoms with Crippen LogP contribution in [0.3, 0.4) is 0 Å². The summed E-state index contributed by atoms with van der Waals surface area (Å²) in [6, 6.07) is 47.3. The van der Waals surface area contributed by atoms with Crippen LogP contribution in [-0.2, 0) is 0 Å². The van der Waals surface area contributed by atoms with E-state index in [1.807, 2.05) is 12.1 Å². The average Bonchev–Trinajstić information content (AvgIpc) is 3.56. The highest BCUT2D eigenvalue weighted by Gasteiger charge is 2.19. The van der Waals surface area contributed by atoms with Gasteiger partial charge in [-0.25, -0.2) is 4.85 Å². The fourth-order valence-corrected chi connectivity index (χ4v) is 6.92. The molecule has 0 aliphatic heterocycles. The molecule has 3 aromatic heterocycles. The van der Waals surface area contributed by atoms with Gasteiger partial charge in [-0.1, -0.05) is 97.1 Å². The van der Waals surface area contributed by atoms with Gasteiger partial charge in [0.05, 0.1) is 29.6 Å². The molecule has 0 aliphatic rings. The molecule has 5 heteroatoms. The van der Waals surface area contributed by atoms with Gasteiger partial charge in [-0.2, -0.15) is 5.26 Å². The second-order valence-electron chi connectivity index (χ2n) is 12.0. The molecular weight excluding hydrogens is 601 g/mol. The Hall–Kier alpha value is -7.08. The summed E-state index contributed by atoms with van der Waals surface area (Å²) in [5.74, 6) is 0. The number of nitrogens with zero attached hydrogens (tertiary/aromatic N) is 4. The number of pyridine rings is 2. The zero-order chi connectivity index (χ0) is 32.9. The van der Waals surface area contributed by atoms with E-state index in [-0.39, 0.29) is 0 Å². The lowest BCUT2D eigenvalue weighted by molar-refractivity contribution is 0.670. The largest absolute Gasteiger partial charge is 0.456 e. The van der Waals surface area contributed by atoms with Gasteiger partial charge in [-0.15, -0.1) is 0 Å². The van der Waals surface area contributed by atoms with Crippen molar-refractivity contribution >= 4 is 49.2 Å². The first-order chi connectivity index (χ1) is 24.2. The first kappa shape index (κ1) is 28.2. The number of hydrogen-bond donors (Lipinski definition) is 0. The first-order valence-electron chi connectivity index (χ1n) is 15.9. The fourth-order valence-electron chi connectivity index (χ4n) is 6.92. The van der Waals surface area contributed by atoms with Gasteiger partial charge in [0.2, 0.25) is 0 Å². The van der Waals surface area contributed by atoms with Crippen LogP contribution in [0.1, 0.15) is 5.56 Å². The summed E-state index contributed by atoms with van der Waals surface area (Å²) < 4.78 is 6.75. The van der Waals surface area contributed by atoms with E-state index in [1.165, 1.54) is 0 Å². The van der Waals surface area contributed by atoms with Crippen molar-refractivity contribution in [3.8, 4) is 50.8 Å². The maximum Gasteiger partial charge on any atom is 0.190 e. The summed E-state index contributed by atoms with van der Waals surface area (Å²) in [6.45, 7) is 7.36.